The van der Waals surface area contributed by atoms with Crippen LogP contribution in [-0.2, 0) is 5.75 Å². The van der Waals surface area contributed by atoms with Gasteiger partial charge >= 0.3 is 5.97 Å². The van der Waals surface area contributed by atoms with Crippen molar-refractivity contribution in [2.45, 2.75) is 17.8 Å². The van der Waals surface area contributed by atoms with Gasteiger partial charge in [0.05, 0.1) is 11.3 Å². The number of benzene rings is 2. The highest BCUT2D eigenvalue weighted by Crippen LogP contribution is 2.24. The Morgan fingerprint density at radius 2 is 1.86 bits per heavy atom. The van der Waals surface area contributed by atoms with Crippen LogP contribution in [-0.4, -0.2) is 34.0 Å². The zero-order chi connectivity index (χ0) is 20.8. The van der Waals surface area contributed by atoms with Crippen molar-refractivity contribution in [1.29, 1.82) is 0 Å². The quantitative estimate of drug-likeness (QED) is 0.402. The Morgan fingerprint density at radius 3 is 2.62 bits per heavy atom. The Balaban J connectivity index is 1.76. The summed E-state index contributed by atoms with van der Waals surface area (Å²) in [7, 11) is 1.60. The first-order chi connectivity index (χ1) is 14.0. The Bertz CT molecular complexity index is 1060. The SMILES string of the molecule is CNC(=O)c1cccc(CSc2nc(C)cc(Nc3ccccc3C(=O)O)n2)c1. The minimum absolute atomic E-state index is 0.132. The number of rotatable bonds is 7. The molecule has 0 spiro atoms. The van der Waals surface area contributed by atoms with Crippen LogP contribution in [0.1, 0.15) is 32.0 Å². The second-order valence-corrected chi connectivity index (χ2v) is 7.16. The van der Waals surface area contributed by atoms with E-state index < -0.39 is 5.97 Å². The van der Waals surface area contributed by atoms with E-state index >= 15 is 0 Å². The number of carbonyl (C=O) groups is 2. The molecule has 0 atom stereocenters. The summed E-state index contributed by atoms with van der Waals surface area (Å²) in [6, 6.07) is 15.8. The maximum atomic E-state index is 11.8. The standard InChI is InChI=1S/C21H20N4O3S/c1-13-10-18(24-17-9-4-3-8-16(17)20(27)28)25-21(23-13)29-12-14-6-5-7-15(11-14)19(26)22-2/h3-11H,12H2,1-2H3,(H,22,26)(H,27,28)(H,23,24,25). The molecule has 29 heavy (non-hydrogen) atoms. The third-order valence-electron chi connectivity index (χ3n) is 4.04. The maximum absolute atomic E-state index is 11.8. The second kappa shape index (κ2) is 9.20. The summed E-state index contributed by atoms with van der Waals surface area (Å²) >= 11 is 1.44. The molecule has 0 bridgehead atoms. The molecule has 1 heterocycles. The molecular weight excluding hydrogens is 388 g/mol. The van der Waals surface area contributed by atoms with Gasteiger partial charge in [0, 0.05) is 30.1 Å². The molecule has 8 heteroatoms. The molecule has 3 aromatic rings. The molecule has 0 aliphatic carbocycles. The first-order valence-corrected chi connectivity index (χ1v) is 9.83. The number of hydrogen-bond acceptors (Lipinski definition) is 6. The first kappa shape index (κ1) is 20.3. The number of amides is 1. The summed E-state index contributed by atoms with van der Waals surface area (Å²) < 4.78 is 0. The van der Waals surface area contributed by atoms with E-state index in [4.69, 9.17) is 0 Å². The number of thioether (sulfide) groups is 1. The van der Waals surface area contributed by atoms with Crippen LogP contribution in [0.3, 0.4) is 0 Å². The lowest BCUT2D eigenvalue weighted by atomic mass is 10.1. The smallest absolute Gasteiger partial charge is 0.337 e. The number of carboxylic acid groups (broad SMARTS) is 1. The van der Waals surface area contributed by atoms with Crippen molar-refractivity contribution < 1.29 is 14.7 Å². The molecule has 0 radical (unpaired) electrons. The van der Waals surface area contributed by atoms with Crippen LogP contribution >= 0.6 is 11.8 Å². The lowest BCUT2D eigenvalue weighted by Gasteiger charge is -2.10. The van der Waals surface area contributed by atoms with Crippen molar-refractivity contribution >= 4 is 35.1 Å². The van der Waals surface area contributed by atoms with Gasteiger partial charge in [-0.1, -0.05) is 36.0 Å². The van der Waals surface area contributed by atoms with Gasteiger partial charge in [-0.15, -0.1) is 0 Å². The van der Waals surface area contributed by atoms with E-state index in [1.165, 1.54) is 17.8 Å². The molecule has 0 saturated heterocycles. The lowest BCUT2D eigenvalue weighted by molar-refractivity contribution is 0.0697. The Hall–Kier alpha value is -3.39. The molecule has 3 rings (SSSR count). The fraction of sp³-hybridized carbons (Fsp3) is 0.143. The summed E-state index contributed by atoms with van der Waals surface area (Å²) in [6.45, 7) is 1.85. The molecule has 0 fully saturated rings. The predicted molar refractivity (Wildman–Crippen MR) is 113 cm³/mol. The van der Waals surface area contributed by atoms with Crippen molar-refractivity contribution in [3.8, 4) is 0 Å². The molecule has 1 aromatic heterocycles. The molecular formula is C21H20N4O3S. The molecule has 3 N–H and O–H groups in total. The number of hydrogen-bond donors (Lipinski definition) is 3. The number of aromatic nitrogens is 2. The average Bonchev–Trinajstić information content (AvgIpc) is 2.71. The highest BCUT2D eigenvalue weighted by molar-refractivity contribution is 7.98. The Labute approximate surface area is 172 Å². The molecule has 0 saturated carbocycles. The zero-order valence-corrected chi connectivity index (χ0v) is 16.8. The minimum atomic E-state index is -1.01. The van der Waals surface area contributed by atoms with E-state index in [1.807, 2.05) is 25.1 Å². The lowest BCUT2D eigenvalue weighted by Crippen LogP contribution is -2.17. The average molecular weight is 408 g/mol. The summed E-state index contributed by atoms with van der Waals surface area (Å²) in [6.07, 6.45) is 0. The fourth-order valence-corrected chi connectivity index (χ4v) is 3.53. The van der Waals surface area contributed by atoms with Gasteiger partial charge < -0.3 is 15.7 Å². The van der Waals surface area contributed by atoms with Gasteiger partial charge in [0.2, 0.25) is 0 Å². The number of nitrogens with zero attached hydrogens (tertiary/aromatic N) is 2. The van der Waals surface area contributed by atoms with E-state index in [9.17, 15) is 14.7 Å². The Kier molecular flexibility index (Phi) is 6.46. The normalized spacial score (nSPS) is 10.4. The fourth-order valence-electron chi connectivity index (χ4n) is 2.68. The zero-order valence-electron chi connectivity index (χ0n) is 16.0. The summed E-state index contributed by atoms with van der Waals surface area (Å²) in [5.41, 5.74) is 2.98. The van der Waals surface area contributed by atoms with Crippen LogP contribution in [0.25, 0.3) is 0 Å². The van der Waals surface area contributed by atoms with E-state index in [-0.39, 0.29) is 11.5 Å². The van der Waals surface area contributed by atoms with Gasteiger partial charge in [-0.3, -0.25) is 4.79 Å². The minimum Gasteiger partial charge on any atom is -0.478 e. The number of anilines is 2. The van der Waals surface area contributed by atoms with Crippen molar-refractivity contribution in [2.75, 3.05) is 12.4 Å². The van der Waals surface area contributed by atoms with Crippen LogP contribution in [0.2, 0.25) is 0 Å². The van der Waals surface area contributed by atoms with E-state index in [2.05, 4.69) is 20.6 Å². The summed E-state index contributed by atoms with van der Waals surface area (Å²) in [5, 5.41) is 15.6. The van der Waals surface area contributed by atoms with Crippen LogP contribution in [0.4, 0.5) is 11.5 Å². The number of carbonyl (C=O) groups excluding carboxylic acids is 1. The van der Waals surface area contributed by atoms with E-state index in [0.717, 1.165) is 11.3 Å². The monoisotopic (exact) mass is 408 g/mol. The molecule has 0 aliphatic heterocycles. The van der Waals surface area contributed by atoms with Gasteiger partial charge in [0.1, 0.15) is 5.82 Å². The van der Waals surface area contributed by atoms with Crippen LogP contribution < -0.4 is 10.6 Å². The number of aromatic carboxylic acids is 1. The maximum Gasteiger partial charge on any atom is 0.337 e. The second-order valence-electron chi connectivity index (χ2n) is 6.22. The number of carboxylic acids is 1. The first-order valence-electron chi connectivity index (χ1n) is 8.85. The summed E-state index contributed by atoms with van der Waals surface area (Å²) in [5.74, 6) is -0.0241. The van der Waals surface area contributed by atoms with Crippen molar-refractivity contribution in [2.24, 2.45) is 0 Å². The molecule has 2 aromatic carbocycles. The highest BCUT2D eigenvalue weighted by atomic mass is 32.2. The van der Waals surface area contributed by atoms with E-state index in [1.54, 1.807) is 37.4 Å². The van der Waals surface area contributed by atoms with Crippen molar-refractivity contribution in [3.63, 3.8) is 0 Å². The van der Waals surface area contributed by atoms with Crippen LogP contribution in [0.15, 0.2) is 59.8 Å². The largest absolute Gasteiger partial charge is 0.478 e. The number of aryl methyl sites for hydroxylation is 1. The Morgan fingerprint density at radius 1 is 1.07 bits per heavy atom. The topological polar surface area (TPSA) is 104 Å². The predicted octanol–water partition coefficient (Wildman–Crippen LogP) is 3.88. The van der Waals surface area contributed by atoms with Crippen LogP contribution in [0, 0.1) is 6.92 Å². The van der Waals surface area contributed by atoms with Gasteiger partial charge in [-0.2, -0.15) is 0 Å². The summed E-state index contributed by atoms with van der Waals surface area (Å²) in [4.78, 5) is 32.1. The number of nitrogens with one attached hydrogen (secondary N) is 2. The van der Waals surface area contributed by atoms with Gasteiger partial charge in [0.15, 0.2) is 5.16 Å². The third kappa shape index (κ3) is 5.32. The number of para-hydroxylation sites is 1. The highest BCUT2D eigenvalue weighted by Gasteiger charge is 2.11. The molecule has 1 amide bonds. The molecule has 0 aliphatic rings. The van der Waals surface area contributed by atoms with Gasteiger partial charge in [0.25, 0.3) is 5.91 Å². The van der Waals surface area contributed by atoms with Crippen molar-refractivity contribution in [1.82, 2.24) is 15.3 Å². The van der Waals surface area contributed by atoms with Gasteiger partial charge in [-0.25, -0.2) is 14.8 Å². The third-order valence-corrected chi connectivity index (χ3v) is 4.96. The molecule has 7 nitrogen and oxygen atoms in total. The van der Waals surface area contributed by atoms with Crippen molar-refractivity contribution in [3.05, 3.63) is 77.0 Å². The van der Waals surface area contributed by atoms with Gasteiger partial charge in [-0.05, 0) is 36.8 Å². The van der Waals surface area contributed by atoms with E-state index in [0.29, 0.717) is 28.0 Å². The molecule has 148 valence electrons. The van der Waals surface area contributed by atoms with Crippen LogP contribution in [0.5, 0.6) is 0 Å². The molecule has 0 unspecified atom stereocenters.